The number of carboxylic acid groups (broad SMARTS) is 1. The third-order valence-corrected chi connectivity index (χ3v) is 7.88. The van der Waals surface area contributed by atoms with Crippen molar-refractivity contribution in [3.63, 3.8) is 0 Å². The molecule has 0 spiro atoms. The zero-order valence-electron chi connectivity index (χ0n) is 22.3. The number of halogens is 3. The van der Waals surface area contributed by atoms with Crippen LogP contribution in [-0.2, 0) is 11.0 Å². The molecular weight excluding hydrogens is 535 g/mol. The largest absolute Gasteiger partial charge is 0.472 e. The molecule has 1 aliphatic heterocycles. The lowest BCUT2D eigenvalue weighted by atomic mass is 9.79. The van der Waals surface area contributed by atoms with Crippen molar-refractivity contribution in [1.29, 1.82) is 0 Å². The molecular formula is C31H30F3N3O4. The molecule has 2 aliphatic rings. The summed E-state index contributed by atoms with van der Waals surface area (Å²) in [6, 6.07) is 16.8. The lowest BCUT2D eigenvalue weighted by Gasteiger charge is -2.31. The van der Waals surface area contributed by atoms with Gasteiger partial charge in [0, 0.05) is 30.6 Å². The predicted molar refractivity (Wildman–Crippen MR) is 147 cm³/mol. The fourth-order valence-corrected chi connectivity index (χ4v) is 5.68. The number of nitrogens with zero attached hydrogens (tertiary/aromatic N) is 2. The second-order valence-corrected chi connectivity index (χ2v) is 10.5. The van der Waals surface area contributed by atoms with Gasteiger partial charge in [0.25, 0.3) is 11.9 Å². The summed E-state index contributed by atoms with van der Waals surface area (Å²) < 4.78 is 46.9. The van der Waals surface area contributed by atoms with E-state index in [2.05, 4.69) is 22.1 Å². The molecule has 2 fully saturated rings. The van der Waals surface area contributed by atoms with Gasteiger partial charge >= 0.3 is 12.1 Å². The van der Waals surface area contributed by atoms with Crippen LogP contribution in [0.3, 0.4) is 0 Å². The third-order valence-electron chi connectivity index (χ3n) is 7.88. The van der Waals surface area contributed by atoms with Crippen LogP contribution >= 0.6 is 0 Å². The summed E-state index contributed by atoms with van der Waals surface area (Å²) in [5.74, 6) is 2.61. The number of hydrogen-bond acceptors (Lipinski definition) is 5. The van der Waals surface area contributed by atoms with Crippen molar-refractivity contribution in [3.05, 3.63) is 77.2 Å². The molecule has 1 aromatic heterocycles. The number of alkyl halides is 3. The number of hydrogen-bond donors (Lipinski definition) is 2. The number of oxazole rings is 1. The second-order valence-electron chi connectivity index (χ2n) is 10.5. The Labute approximate surface area is 235 Å². The van der Waals surface area contributed by atoms with Crippen molar-refractivity contribution >= 4 is 23.6 Å². The Bertz CT molecular complexity index is 1430. The molecule has 1 aliphatic carbocycles. The van der Waals surface area contributed by atoms with Crippen LogP contribution in [0, 0.1) is 17.8 Å². The summed E-state index contributed by atoms with van der Waals surface area (Å²) in [4.78, 5) is 28.9. The van der Waals surface area contributed by atoms with Crippen LogP contribution in [0.1, 0.15) is 77.7 Å². The van der Waals surface area contributed by atoms with Gasteiger partial charge < -0.3 is 19.7 Å². The normalized spacial score (nSPS) is 19.7. The minimum Gasteiger partial charge on any atom is -0.472 e. The highest BCUT2D eigenvalue weighted by atomic mass is 19.4. The van der Waals surface area contributed by atoms with E-state index in [-0.39, 0.29) is 17.9 Å². The Balaban J connectivity index is 1.23. The second kappa shape index (κ2) is 12.1. The molecule has 214 valence electrons. The predicted octanol–water partition coefficient (Wildman–Crippen LogP) is 6.69. The maximum absolute atomic E-state index is 13.8. The molecule has 10 heteroatoms. The number of aromatic nitrogens is 1. The zero-order valence-corrected chi connectivity index (χ0v) is 22.3. The first-order valence-electron chi connectivity index (χ1n) is 13.7. The molecule has 0 radical (unpaired) electrons. The average Bonchev–Trinajstić information content (AvgIpc) is 3.44. The number of benzene rings is 2. The monoisotopic (exact) mass is 565 g/mol. The molecule has 1 saturated heterocycles. The molecule has 1 amide bonds. The van der Waals surface area contributed by atoms with Crippen LogP contribution in [0.2, 0.25) is 0 Å². The molecule has 7 nitrogen and oxygen atoms in total. The van der Waals surface area contributed by atoms with Crippen LogP contribution in [0.5, 0.6) is 0 Å². The Hall–Kier alpha value is -4.26. The first-order chi connectivity index (χ1) is 19.7. The molecule has 5 rings (SSSR count). The molecule has 2 aromatic carbocycles. The van der Waals surface area contributed by atoms with E-state index < -0.39 is 29.5 Å². The number of rotatable bonds is 5. The smallest absolute Gasteiger partial charge is 0.437 e. The van der Waals surface area contributed by atoms with Gasteiger partial charge in [-0.3, -0.25) is 4.79 Å². The Morgan fingerprint density at radius 1 is 0.902 bits per heavy atom. The highest BCUT2D eigenvalue weighted by Gasteiger charge is 2.42. The summed E-state index contributed by atoms with van der Waals surface area (Å²) in [6.45, 7) is 0.932. The van der Waals surface area contributed by atoms with Crippen LogP contribution in [0.4, 0.5) is 24.9 Å². The summed E-state index contributed by atoms with van der Waals surface area (Å²) in [6.07, 6.45) is -0.0960. The lowest BCUT2D eigenvalue weighted by Crippen LogP contribution is -2.33. The van der Waals surface area contributed by atoms with Gasteiger partial charge in [0.2, 0.25) is 5.76 Å². The molecule has 3 aromatic rings. The van der Waals surface area contributed by atoms with Gasteiger partial charge in [0.15, 0.2) is 5.69 Å². The van der Waals surface area contributed by atoms with E-state index in [1.165, 1.54) is 5.56 Å². The number of nitrogens with one attached hydrogen (secondary N) is 1. The molecule has 2 N–H and O–H groups in total. The van der Waals surface area contributed by atoms with E-state index in [4.69, 9.17) is 9.52 Å². The topological polar surface area (TPSA) is 95.7 Å². The highest BCUT2D eigenvalue weighted by Crippen LogP contribution is 2.38. The van der Waals surface area contributed by atoms with Gasteiger partial charge in [0.05, 0.1) is 0 Å². The molecule has 0 atom stereocenters. The number of amides is 1. The molecule has 1 saturated carbocycles. The number of anilines is 2. The summed E-state index contributed by atoms with van der Waals surface area (Å²) in [5, 5.41) is 11.2. The van der Waals surface area contributed by atoms with Gasteiger partial charge in [-0.2, -0.15) is 18.2 Å². The number of carboxylic acids is 1. The van der Waals surface area contributed by atoms with Gasteiger partial charge in [-0.1, -0.05) is 48.4 Å². The first kappa shape index (κ1) is 28.3. The quantitative estimate of drug-likeness (QED) is 0.335. The number of carbonyl (C=O) groups is 2. The fourth-order valence-electron chi connectivity index (χ4n) is 5.68. The molecule has 2 heterocycles. The van der Waals surface area contributed by atoms with E-state index in [0.717, 1.165) is 44.1 Å². The third kappa shape index (κ3) is 6.91. The Morgan fingerprint density at radius 2 is 1.51 bits per heavy atom. The molecule has 0 bridgehead atoms. The molecule has 0 unspecified atom stereocenters. The van der Waals surface area contributed by atoms with Crippen molar-refractivity contribution in [1.82, 2.24) is 4.98 Å². The van der Waals surface area contributed by atoms with Crippen molar-refractivity contribution in [3.8, 4) is 11.8 Å². The standard InChI is InChI=1S/C31H30F3N3O4/c32-31(33,34)28-27(41-30(36-28)37-18-16-24(17-19-37)21-4-2-1-3-5-21)29(40)35-25-13-11-23(12-14-25)22-9-6-20(7-10-22)8-15-26(38)39/h1-5,11-14,20,22,24H,6-7,9-10,16-19H2,(H,35,40)(H,38,39). The fraction of sp³-hybridized carbons (Fsp3) is 0.387. The van der Waals surface area contributed by atoms with Crippen molar-refractivity contribution < 1.29 is 32.3 Å². The maximum atomic E-state index is 13.8. The van der Waals surface area contributed by atoms with Crippen molar-refractivity contribution in [2.75, 3.05) is 23.3 Å². The first-order valence-corrected chi connectivity index (χ1v) is 13.7. The van der Waals surface area contributed by atoms with E-state index in [1.807, 2.05) is 42.5 Å². The SMILES string of the molecule is O=C(O)C#CC1CCC(c2ccc(NC(=O)c3oc(N4CCC(c5ccccc5)CC4)nc3C(F)(F)F)cc2)CC1. The van der Waals surface area contributed by atoms with E-state index in [9.17, 15) is 22.8 Å². The van der Waals surface area contributed by atoms with E-state index in [1.54, 1.807) is 17.0 Å². The van der Waals surface area contributed by atoms with E-state index in [0.29, 0.717) is 24.7 Å². The van der Waals surface area contributed by atoms with Crippen LogP contribution in [0.15, 0.2) is 59.0 Å². The van der Waals surface area contributed by atoms with E-state index >= 15 is 0 Å². The Kier molecular flexibility index (Phi) is 8.34. The summed E-state index contributed by atoms with van der Waals surface area (Å²) in [5.41, 5.74) is 1.24. The van der Waals surface area contributed by atoms with Crippen LogP contribution < -0.4 is 10.2 Å². The van der Waals surface area contributed by atoms with Crippen molar-refractivity contribution in [2.24, 2.45) is 5.92 Å². The Morgan fingerprint density at radius 3 is 2.12 bits per heavy atom. The lowest BCUT2D eigenvalue weighted by molar-refractivity contribution is -0.141. The van der Waals surface area contributed by atoms with Gasteiger partial charge in [-0.15, -0.1) is 0 Å². The number of piperidine rings is 1. The summed E-state index contributed by atoms with van der Waals surface area (Å²) >= 11 is 0. The molecule has 41 heavy (non-hydrogen) atoms. The van der Waals surface area contributed by atoms with Crippen molar-refractivity contribution in [2.45, 2.75) is 56.5 Å². The van der Waals surface area contributed by atoms with Crippen LogP contribution in [-0.4, -0.2) is 35.1 Å². The highest BCUT2D eigenvalue weighted by molar-refractivity contribution is 6.03. The maximum Gasteiger partial charge on any atom is 0.437 e. The average molecular weight is 566 g/mol. The van der Waals surface area contributed by atoms with Gasteiger partial charge in [0.1, 0.15) is 0 Å². The number of carbonyl (C=O) groups excluding carboxylic acids is 1. The zero-order chi connectivity index (χ0) is 29.0. The van der Waals surface area contributed by atoms with Gasteiger partial charge in [-0.05, 0) is 73.6 Å². The van der Waals surface area contributed by atoms with Gasteiger partial charge in [-0.25, -0.2) is 4.79 Å². The number of aliphatic carboxylic acids is 1. The summed E-state index contributed by atoms with van der Waals surface area (Å²) in [7, 11) is 0. The van der Waals surface area contributed by atoms with Crippen LogP contribution in [0.25, 0.3) is 0 Å². The minimum absolute atomic E-state index is 0.0609. The minimum atomic E-state index is -4.85.